The topological polar surface area (TPSA) is 84.0 Å². The minimum absolute atomic E-state index is 0.197. The molecule has 0 aliphatic heterocycles. The van der Waals surface area contributed by atoms with E-state index >= 15 is 0 Å². The first-order valence-corrected chi connectivity index (χ1v) is 9.27. The summed E-state index contributed by atoms with van der Waals surface area (Å²) in [4.78, 5) is 28.1. The Hall–Kier alpha value is -3.35. The second-order valence-corrected chi connectivity index (χ2v) is 5.91. The smallest absolute Gasteiger partial charge is 0.305 e. The third kappa shape index (κ3) is 6.64. The summed E-state index contributed by atoms with van der Waals surface area (Å²) in [6.45, 7) is 2.45. The molecule has 0 saturated carbocycles. The Kier molecular flexibility index (Phi) is 8.69. The number of hydrogen-bond acceptors (Lipinski definition) is 7. The molecular formula is C22H25NO6. The van der Waals surface area contributed by atoms with Crippen LogP contribution in [0.2, 0.25) is 0 Å². The van der Waals surface area contributed by atoms with Gasteiger partial charge in [0.05, 0.1) is 44.9 Å². The molecule has 0 aliphatic carbocycles. The summed E-state index contributed by atoms with van der Waals surface area (Å²) in [5, 5.41) is 0. The van der Waals surface area contributed by atoms with Gasteiger partial charge in [-0.2, -0.15) is 0 Å². The molecule has 7 nitrogen and oxygen atoms in total. The number of benzene rings is 1. The van der Waals surface area contributed by atoms with Crippen LogP contribution in [0.15, 0.2) is 42.6 Å². The Labute approximate surface area is 170 Å². The number of rotatable bonds is 11. The molecule has 1 heterocycles. The molecule has 0 aliphatic rings. The standard InChI is InChI=1S/C22H25NO6/c1-4-28-22(25)10-7-13-29-20-14-16(23-15-21(20)27-3)11-12-18(24)17-8-5-6-9-19(17)26-2/h5-6,8-9,11-12,14-15H,4,7,10,13H2,1-3H3/b12-11+. The van der Waals surface area contributed by atoms with Crippen LogP contribution in [0, 0.1) is 0 Å². The lowest BCUT2D eigenvalue weighted by molar-refractivity contribution is -0.143. The van der Waals surface area contributed by atoms with Crippen molar-refractivity contribution in [1.29, 1.82) is 0 Å². The van der Waals surface area contributed by atoms with E-state index in [1.54, 1.807) is 43.3 Å². The Morgan fingerprint density at radius 3 is 2.55 bits per heavy atom. The molecular weight excluding hydrogens is 374 g/mol. The van der Waals surface area contributed by atoms with E-state index in [9.17, 15) is 9.59 Å². The fourth-order valence-electron chi connectivity index (χ4n) is 2.53. The molecule has 0 radical (unpaired) electrons. The summed E-state index contributed by atoms with van der Waals surface area (Å²) in [5.41, 5.74) is 1.00. The lowest BCUT2D eigenvalue weighted by Gasteiger charge is -2.11. The molecule has 2 aromatic rings. The van der Waals surface area contributed by atoms with Gasteiger partial charge in [0.2, 0.25) is 0 Å². The second-order valence-electron chi connectivity index (χ2n) is 5.91. The number of carbonyl (C=O) groups is 2. The Morgan fingerprint density at radius 1 is 1.07 bits per heavy atom. The van der Waals surface area contributed by atoms with Gasteiger partial charge in [0, 0.05) is 12.5 Å². The van der Waals surface area contributed by atoms with Gasteiger partial charge >= 0.3 is 5.97 Å². The van der Waals surface area contributed by atoms with Gasteiger partial charge in [0.15, 0.2) is 17.3 Å². The van der Waals surface area contributed by atoms with Gasteiger partial charge in [-0.25, -0.2) is 0 Å². The summed E-state index contributed by atoms with van der Waals surface area (Å²) in [6, 6.07) is 8.68. The molecule has 1 aromatic heterocycles. The number of hydrogen-bond donors (Lipinski definition) is 0. The maximum atomic E-state index is 12.4. The van der Waals surface area contributed by atoms with Crippen LogP contribution < -0.4 is 14.2 Å². The Bertz CT molecular complexity index is 862. The number of para-hydroxylation sites is 1. The minimum Gasteiger partial charge on any atom is -0.496 e. The zero-order valence-corrected chi connectivity index (χ0v) is 16.8. The van der Waals surface area contributed by atoms with Gasteiger partial charge in [0.1, 0.15) is 5.75 Å². The molecule has 0 saturated heterocycles. The minimum atomic E-state index is -0.253. The van der Waals surface area contributed by atoms with Crippen LogP contribution >= 0.6 is 0 Å². The summed E-state index contributed by atoms with van der Waals surface area (Å²) < 4.78 is 21.1. The largest absolute Gasteiger partial charge is 0.496 e. The molecule has 0 fully saturated rings. The first kappa shape index (κ1) is 21.9. The maximum absolute atomic E-state index is 12.4. The van der Waals surface area contributed by atoms with Gasteiger partial charge < -0.3 is 18.9 Å². The molecule has 0 unspecified atom stereocenters. The average molecular weight is 399 g/mol. The number of pyridine rings is 1. The average Bonchev–Trinajstić information content (AvgIpc) is 2.75. The molecule has 7 heteroatoms. The van der Waals surface area contributed by atoms with Crippen molar-refractivity contribution in [3.05, 3.63) is 53.9 Å². The number of esters is 1. The van der Waals surface area contributed by atoms with Crippen LogP contribution in [0.3, 0.4) is 0 Å². The van der Waals surface area contributed by atoms with Crippen molar-refractivity contribution in [1.82, 2.24) is 4.98 Å². The number of methoxy groups -OCH3 is 2. The van der Waals surface area contributed by atoms with Gasteiger partial charge in [-0.3, -0.25) is 14.6 Å². The number of carbonyl (C=O) groups excluding carboxylic acids is 2. The number of ketones is 1. The maximum Gasteiger partial charge on any atom is 0.305 e. The van der Waals surface area contributed by atoms with Crippen molar-refractivity contribution in [3.63, 3.8) is 0 Å². The van der Waals surface area contributed by atoms with E-state index in [1.807, 2.05) is 0 Å². The fourth-order valence-corrected chi connectivity index (χ4v) is 2.53. The van der Waals surface area contributed by atoms with E-state index < -0.39 is 0 Å². The van der Waals surface area contributed by atoms with Gasteiger partial charge in [0.25, 0.3) is 0 Å². The Morgan fingerprint density at radius 2 is 1.83 bits per heavy atom. The van der Waals surface area contributed by atoms with Crippen molar-refractivity contribution in [2.45, 2.75) is 19.8 Å². The van der Waals surface area contributed by atoms with Crippen molar-refractivity contribution in [2.24, 2.45) is 0 Å². The van der Waals surface area contributed by atoms with E-state index in [2.05, 4.69) is 4.98 Å². The predicted molar refractivity (Wildman–Crippen MR) is 109 cm³/mol. The quantitative estimate of drug-likeness (QED) is 0.246. The van der Waals surface area contributed by atoms with Gasteiger partial charge in [-0.05, 0) is 37.6 Å². The first-order chi connectivity index (χ1) is 14.1. The zero-order valence-electron chi connectivity index (χ0n) is 16.8. The van der Waals surface area contributed by atoms with Gasteiger partial charge in [-0.15, -0.1) is 0 Å². The van der Waals surface area contributed by atoms with Crippen LogP contribution in [0.5, 0.6) is 17.2 Å². The lowest BCUT2D eigenvalue weighted by Crippen LogP contribution is -2.07. The summed E-state index contributed by atoms with van der Waals surface area (Å²) in [7, 11) is 3.04. The summed E-state index contributed by atoms with van der Waals surface area (Å²) >= 11 is 0. The van der Waals surface area contributed by atoms with Gasteiger partial charge in [-0.1, -0.05) is 12.1 Å². The highest BCUT2D eigenvalue weighted by molar-refractivity contribution is 6.08. The molecule has 0 N–H and O–H groups in total. The van der Waals surface area contributed by atoms with E-state index in [4.69, 9.17) is 18.9 Å². The monoisotopic (exact) mass is 399 g/mol. The summed E-state index contributed by atoms with van der Waals surface area (Å²) in [5.74, 6) is 1.01. The highest BCUT2D eigenvalue weighted by Crippen LogP contribution is 2.27. The molecule has 154 valence electrons. The molecule has 0 amide bonds. The van der Waals surface area contributed by atoms with Crippen molar-refractivity contribution >= 4 is 17.8 Å². The molecule has 2 rings (SSSR count). The zero-order chi connectivity index (χ0) is 21.1. The Balaban J connectivity index is 2.04. The number of aromatic nitrogens is 1. The van der Waals surface area contributed by atoms with Crippen LogP contribution in [-0.2, 0) is 9.53 Å². The number of allylic oxidation sites excluding steroid dienone is 1. The van der Waals surface area contributed by atoms with E-state index in [-0.39, 0.29) is 18.2 Å². The molecule has 0 atom stereocenters. The second kappa shape index (κ2) is 11.5. The molecule has 0 spiro atoms. The third-order valence-electron chi connectivity index (χ3n) is 3.94. The SMILES string of the molecule is CCOC(=O)CCCOc1cc(/C=C/C(=O)c2ccccc2OC)ncc1OC. The van der Waals surface area contributed by atoms with Crippen molar-refractivity contribution in [3.8, 4) is 17.2 Å². The van der Waals surface area contributed by atoms with Crippen LogP contribution in [0.1, 0.15) is 35.8 Å². The van der Waals surface area contributed by atoms with E-state index in [0.717, 1.165) is 0 Å². The van der Waals surface area contributed by atoms with Crippen molar-refractivity contribution in [2.75, 3.05) is 27.4 Å². The number of nitrogens with zero attached hydrogens (tertiary/aromatic N) is 1. The predicted octanol–water partition coefficient (Wildman–Crippen LogP) is 3.72. The highest BCUT2D eigenvalue weighted by Gasteiger charge is 2.10. The molecule has 1 aromatic carbocycles. The van der Waals surface area contributed by atoms with Crippen LogP contribution in [0.4, 0.5) is 0 Å². The fraction of sp³-hybridized carbons (Fsp3) is 0.318. The van der Waals surface area contributed by atoms with E-state index in [0.29, 0.717) is 48.1 Å². The summed E-state index contributed by atoms with van der Waals surface area (Å²) in [6.07, 6.45) is 5.34. The van der Waals surface area contributed by atoms with Crippen LogP contribution in [-0.4, -0.2) is 44.2 Å². The highest BCUT2D eigenvalue weighted by atomic mass is 16.5. The van der Waals surface area contributed by atoms with E-state index in [1.165, 1.54) is 26.5 Å². The first-order valence-electron chi connectivity index (χ1n) is 9.27. The molecule has 0 bridgehead atoms. The number of ether oxygens (including phenoxy) is 4. The molecule has 29 heavy (non-hydrogen) atoms. The normalized spacial score (nSPS) is 10.6. The van der Waals surface area contributed by atoms with Crippen molar-refractivity contribution < 1.29 is 28.5 Å². The third-order valence-corrected chi connectivity index (χ3v) is 3.94. The lowest BCUT2D eigenvalue weighted by atomic mass is 10.1. The van der Waals surface area contributed by atoms with Crippen LogP contribution in [0.25, 0.3) is 6.08 Å².